The molecule has 6 nitrogen and oxygen atoms in total. The molecule has 1 heterocycles. The lowest BCUT2D eigenvalue weighted by molar-refractivity contribution is -0.916. The average molecular weight is 396 g/mol. The highest BCUT2D eigenvalue weighted by atomic mass is 16.5. The van der Waals surface area contributed by atoms with Gasteiger partial charge in [-0.05, 0) is 12.1 Å². The first-order chi connectivity index (χ1) is 13.5. The van der Waals surface area contributed by atoms with E-state index in [1.807, 2.05) is 0 Å². The third kappa shape index (κ3) is 3.91. The molecule has 1 fully saturated rings. The van der Waals surface area contributed by atoms with Gasteiger partial charge in [-0.1, -0.05) is 24.3 Å². The Hall–Kier alpha value is -2.70. The Balaban J connectivity index is 0.00000240. The fourth-order valence-corrected chi connectivity index (χ4v) is 4.04. The van der Waals surface area contributed by atoms with Gasteiger partial charge in [0.05, 0.1) is 37.9 Å². The minimum absolute atomic E-state index is 0. The molecule has 6 heteroatoms. The van der Waals surface area contributed by atoms with Crippen molar-refractivity contribution in [2.24, 2.45) is 0 Å². The van der Waals surface area contributed by atoms with Crippen LogP contribution >= 0.6 is 0 Å². The van der Waals surface area contributed by atoms with Crippen LogP contribution in [0.1, 0.15) is 38.3 Å². The van der Waals surface area contributed by atoms with Crippen LogP contribution < -0.4 is 5.32 Å². The van der Waals surface area contributed by atoms with E-state index >= 15 is 0 Å². The lowest BCUT2D eigenvalue weighted by Gasteiger charge is -2.37. The number of likely N-dealkylation sites (N-methyl/N-ethyl adjacent to an activating group) is 1. The maximum atomic E-state index is 13.0. The Kier molecular flexibility index (Phi) is 6.05. The number of quaternary nitrogens is 1. The van der Waals surface area contributed by atoms with Crippen molar-refractivity contribution in [2.75, 3.05) is 51.8 Å². The van der Waals surface area contributed by atoms with Gasteiger partial charge in [0.1, 0.15) is 18.8 Å². The number of phenols is 1. The number of fused-ring (bicyclic) bond motifs is 2. The van der Waals surface area contributed by atoms with Crippen molar-refractivity contribution in [3.05, 3.63) is 66.1 Å². The molecular weight excluding hydrogens is 368 g/mol. The summed E-state index contributed by atoms with van der Waals surface area (Å²) < 4.78 is 6.43. The smallest absolute Gasteiger partial charge is 0.198 e. The zero-order valence-electron chi connectivity index (χ0n) is 17.0. The maximum absolute atomic E-state index is 13.0. The van der Waals surface area contributed by atoms with E-state index in [1.54, 1.807) is 30.3 Å². The summed E-state index contributed by atoms with van der Waals surface area (Å²) in [5.74, 6) is -0.687. The molecule has 0 spiro atoms. The number of hydrogen-bond donors (Lipinski definition) is 2. The first kappa shape index (κ1) is 21.0. The molecule has 0 amide bonds. The molecule has 0 unspecified atom stereocenters. The molecule has 2 N–H and O–H groups in total. The highest BCUT2D eigenvalue weighted by molar-refractivity contribution is 6.31. The van der Waals surface area contributed by atoms with E-state index in [0.29, 0.717) is 23.4 Å². The maximum Gasteiger partial charge on any atom is 0.198 e. The SMILES string of the molecule is C[N+]1(CCCNc2ccc(O)c3c2C(=O)c2ccccc2C3=O)CCOCC1.[CH3-]. The molecule has 4 rings (SSSR count). The summed E-state index contributed by atoms with van der Waals surface area (Å²) in [6, 6.07) is 9.93. The Labute approximate surface area is 171 Å². The molecule has 1 saturated heterocycles. The number of aromatic hydroxyl groups is 1. The van der Waals surface area contributed by atoms with Crippen LogP contribution in [-0.2, 0) is 4.74 Å². The minimum atomic E-state index is -0.308. The quantitative estimate of drug-likeness (QED) is 0.300. The highest BCUT2D eigenvalue weighted by Crippen LogP contribution is 2.36. The van der Waals surface area contributed by atoms with Crippen LogP contribution in [0.25, 0.3) is 0 Å². The van der Waals surface area contributed by atoms with Gasteiger partial charge in [-0.15, -0.1) is 0 Å². The van der Waals surface area contributed by atoms with E-state index in [4.69, 9.17) is 4.74 Å². The second-order valence-electron chi connectivity index (χ2n) is 7.77. The van der Waals surface area contributed by atoms with E-state index in [2.05, 4.69) is 12.4 Å². The molecule has 2 aromatic carbocycles. The van der Waals surface area contributed by atoms with Crippen molar-refractivity contribution in [3.8, 4) is 5.75 Å². The van der Waals surface area contributed by atoms with Gasteiger partial charge in [0, 0.05) is 29.8 Å². The molecular formula is C23H28N2O4. The molecule has 0 bridgehead atoms. The fourth-order valence-electron chi connectivity index (χ4n) is 4.04. The number of hydrogen-bond acceptors (Lipinski definition) is 5. The molecule has 0 aromatic heterocycles. The van der Waals surface area contributed by atoms with Crippen LogP contribution in [-0.4, -0.2) is 67.6 Å². The molecule has 1 aliphatic heterocycles. The number of morpholine rings is 1. The standard InChI is InChI=1S/C22H24N2O4.CH3/c1-24(11-13-28-14-12-24)10-4-9-23-17-7-8-18(25)20-19(17)21(26)15-5-2-3-6-16(15)22(20)27;/h2-3,5-8H,4,9-14H2,1H3,(H-,23,25,26,27);1H3/q;-1/p+1. The van der Waals surface area contributed by atoms with Gasteiger partial charge in [0.25, 0.3) is 0 Å². The average Bonchev–Trinajstić information content (AvgIpc) is 2.70. The van der Waals surface area contributed by atoms with E-state index in [1.165, 1.54) is 6.07 Å². The minimum Gasteiger partial charge on any atom is -0.507 e. The predicted molar refractivity (Wildman–Crippen MR) is 113 cm³/mol. The van der Waals surface area contributed by atoms with Crippen molar-refractivity contribution in [2.45, 2.75) is 6.42 Å². The van der Waals surface area contributed by atoms with Crippen LogP contribution in [0, 0.1) is 7.43 Å². The molecule has 0 saturated carbocycles. The summed E-state index contributed by atoms with van der Waals surface area (Å²) in [5, 5.41) is 13.6. The Morgan fingerprint density at radius 2 is 1.62 bits per heavy atom. The number of ketones is 2. The van der Waals surface area contributed by atoms with Crippen molar-refractivity contribution < 1.29 is 23.9 Å². The zero-order chi connectivity index (χ0) is 19.7. The second kappa shape index (κ2) is 8.35. The normalized spacial score (nSPS) is 17.1. The summed E-state index contributed by atoms with van der Waals surface area (Å²) in [5.41, 5.74) is 1.71. The van der Waals surface area contributed by atoms with Crippen LogP contribution in [0.15, 0.2) is 36.4 Å². The fraction of sp³-hybridized carbons (Fsp3) is 0.348. The van der Waals surface area contributed by atoms with Gasteiger partial charge in [-0.25, -0.2) is 0 Å². The van der Waals surface area contributed by atoms with E-state index in [0.717, 1.165) is 43.8 Å². The summed E-state index contributed by atoms with van der Waals surface area (Å²) >= 11 is 0. The van der Waals surface area contributed by atoms with Crippen molar-refractivity contribution in [1.82, 2.24) is 0 Å². The molecule has 2 aliphatic rings. The highest BCUT2D eigenvalue weighted by Gasteiger charge is 2.34. The summed E-state index contributed by atoms with van der Waals surface area (Å²) in [4.78, 5) is 25.9. The van der Waals surface area contributed by atoms with Crippen molar-refractivity contribution in [1.29, 1.82) is 0 Å². The van der Waals surface area contributed by atoms with Gasteiger partial charge in [0.2, 0.25) is 0 Å². The van der Waals surface area contributed by atoms with E-state index < -0.39 is 0 Å². The predicted octanol–water partition coefficient (Wildman–Crippen LogP) is 2.90. The van der Waals surface area contributed by atoms with Crippen LogP contribution in [0.2, 0.25) is 0 Å². The summed E-state index contributed by atoms with van der Waals surface area (Å²) in [6.07, 6.45) is 0.935. The van der Waals surface area contributed by atoms with Gasteiger partial charge < -0.3 is 27.1 Å². The molecule has 2 aromatic rings. The third-order valence-corrected chi connectivity index (χ3v) is 5.79. The van der Waals surface area contributed by atoms with Gasteiger partial charge in [-0.2, -0.15) is 0 Å². The number of benzene rings is 2. The number of anilines is 1. The van der Waals surface area contributed by atoms with E-state index in [9.17, 15) is 14.7 Å². The number of ether oxygens (including phenoxy) is 1. The lowest BCUT2D eigenvalue weighted by Crippen LogP contribution is -2.52. The number of carbonyl (C=O) groups excluding carboxylic acids is 2. The number of rotatable bonds is 5. The Morgan fingerprint density at radius 1 is 1.00 bits per heavy atom. The first-order valence-electron chi connectivity index (χ1n) is 9.70. The third-order valence-electron chi connectivity index (χ3n) is 5.79. The van der Waals surface area contributed by atoms with Gasteiger partial charge in [-0.3, -0.25) is 9.59 Å². The molecule has 0 atom stereocenters. The number of nitrogens with zero attached hydrogens (tertiary/aromatic N) is 1. The number of carbonyl (C=O) groups is 2. The lowest BCUT2D eigenvalue weighted by atomic mass is 9.82. The Morgan fingerprint density at radius 3 is 2.28 bits per heavy atom. The molecule has 29 heavy (non-hydrogen) atoms. The number of nitrogens with one attached hydrogen (secondary N) is 1. The second-order valence-corrected chi connectivity index (χ2v) is 7.77. The van der Waals surface area contributed by atoms with Crippen LogP contribution in [0.3, 0.4) is 0 Å². The largest absolute Gasteiger partial charge is 0.507 e. The van der Waals surface area contributed by atoms with E-state index in [-0.39, 0.29) is 35.9 Å². The zero-order valence-corrected chi connectivity index (χ0v) is 17.0. The van der Waals surface area contributed by atoms with Crippen LogP contribution in [0.4, 0.5) is 5.69 Å². The molecule has 1 aliphatic carbocycles. The van der Waals surface area contributed by atoms with Crippen LogP contribution in [0.5, 0.6) is 5.75 Å². The van der Waals surface area contributed by atoms with Crippen molar-refractivity contribution in [3.63, 3.8) is 0 Å². The monoisotopic (exact) mass is 396 g/mol. The number of phenolic OH excluding ortho intramolecular Hbond substituents is 1. The van der Waals surface area contributed by atoms with Gasteiger partial charge in [0.15, 0.2) is 11.6 Å². The topological polar surface area (TPSA) is 75.6 Å². The molecule has 0 radical (unpaired) electrons. The summed E-state index contributed by atoms with van der Waals surface area (Å²) in [6.45, 7) is 5.33. The first-order valence-corrected chi connectivity index (χ1v) is 9.70. The Bertz CT molecular complexity index is 932. The van der Waals surface area contributed by atoms with Crippen molar-refractivity contribution >= 4 is 17.3 Å². The summed E-state index contributed by atoms with van der Waals surface area (Å²) in [7, 11) is 2.24. The molecule has 154 valence electrons. The van der Waals surface area contributed by atoms with Gasteiger partial charge >= 0.3 is 0 Å².